The Hall–Kier alpha value is -1.92. The van der Waals surface area contributed by atoms with E-state index >= 15 is 0 Å². The van der Waals surface area contributed by atoms with Crippen molar-refractivity contribution in [3.05, 3.63) is 79.4 Å². The lowest BCUT2D eigenvalue weighted by atomic mass is 10.1. The molecule has 0 radical (unpaired) electrons. The van der Waals surface area contributed by atoms with Gasteiger partial charge in [0.25, 0.3) is 5.91 Å². The number of carbonyl (C=O) groups excluding carboxylic acids is 2. The molecule has 2 aliphatic rings. The van der Waals surface area contributed by atoms with Gasteiger partial charge in [-0.15, -0.1) is 0 Å². The number of nitrogens with one attached hydrogen (secondary N) is 1. The van der Waals surface area contributed by atoms with Gasteiger partial charge < -0.3 is 15.1 Å². The van der Waals surface area contributed by atoms with Crippen molar-refractivity contribution in [1.82, 2.24) is 15.1 Å². The first kappa shape index (κ1) is 22.3. The molecule has 2 aliphatic heterocycles. The molecule has 2 amide bonds. The molecule has 1 atom stereocenters. The fourth-order valence-corrected chi connectivity index (χ4v) is 4.63. The topological polar surface area (TPSA) is 52.7 Å². The Morgan fingerprint density at radius 1 is 0.968 bits per heavy atom. The van der Waals surface area contributed by atoms with Crippen LogP contribution in [-0.4, -0.2) is 47.8 Å². The van der Waals surface area contributed by atoms with E-state index in [-0.39, 0.29) is 18.4 Å². The molecule has 5 nitrogen and oxygen atoms in total. The van der Waals surface area contributed by atoms with Crippen molar-refractivity contribution in [3.8, 4) is 0 Å². The molecule has 2 heterocycles. The highest BCUT2D eigenvalue weighted by molar-refractivity contribution is 6.42. The molecule has 1 fully saturated rings. The first-order valence-corrected chi connectivity index (χ1v) is 11.2. The Bertz CT molecular complexity index is 1070. The number of nitrogens with zero attached hydrogens (tertiary/aromatic N) is 2. The predicted octanol–water partition coefficient (Wildman–Crippen LogP) is 4.89. The van der Waals surface area contributed by atoms with Crippen molar-refractivity contribution in [2.24, 2.45) is 5.92 Å². The van der Waals surface area contributed by atoms with Crippen LogP contribution in [0.2, 0.25) is 20.1 Å². The number of hydrogen-bond acceptors (Lipinski definition) is 3. The maximum Gasteiger partial charge on any atom is 0.251 e. The Morgan fingerprint density at radius 2 is 1.77 bits per heavy atom. The van der Waals surface area contributed by atoms with E-state index in [4.69, 9.17) is 46.4 Å². The predicted molar refractivity (Wildman–Crippen MR) is 124 cm³/mol. The molecular weight excluding hydrogens is 480 g/mol. The van der Waals surface area contributed by atoms with Crippen LogP contribution in [0.25, 0.3) is 0 Å². The van der Waals surface area contributed by atoms with Crippen LogP contribution >= 0.6 is 46.4 Å². The van der Waals surface area contributed by atoms with Crippen molar-refractivity contribution in [2.45, 2.75) is 6.54 Å². The van der Waals surface area contributed by atoms with Gasteiger partial charge in [0.2, 0.25) is 5.91 Å². The van der Waals surface area contributed by atoms with E-state index in [0.717, 1.165) is 12.1 Å². The number of rotatable bonds is 5. The summed E-state index contributed by atoms with van der Waals surface area (Å²) in [6.07, 6.45) is 2.11. The van der Waals surface area contributed by atoms with Gasteiger partial charge >= 0.3 is 0 Å². The molecule has 1 N–H and O–H groups in total. The molecule has 2 aromatic carbocycles. The van der Waals surface area contributed by atoms with E-state index in [1.54, 1.807) is 23.1 Å². The van der Waals surface area contributed by atoms with Gasteiger partial charge in [-0.3, -0.25) is 9.59 Å². The maximum absolute atomic E-state index is 12.6. The zero-order valence-corrected chi connectivity index (χ0v) is 19.4. The summed E-state index contributed by atoms with van der Waals surface area (Å²) < 4.78 is 0. The van der Waals surface area contributed by atoms with Crippen molar-refractivity contribution in [3.63, 3.8) is 0 Å². The zero-order valence-electron chi connectivity index (χ0n) is 16.4. The number of fused-ring (bicyclic) bond motifs is 1. The summed E-state index contributed by atoms with van der Waals surface area (Å²) >= 11 is 24.1. The standard InChI is InChI=1S/C22H19Cl4N3O2/c23-17-3-1-14(19(25)6-17)8-28-9-15-11-29(12-16(15)10-28)21(30)7-27-22(31)13-2-4-18(24)20(26)5-13/h1-6,9,16H,7-8,10-12H2,(H,27,31). The minimum atomic E-state index is -0.364. The van der Waals surface area contributed by atoms with E-state index in [0.29, 0.717) is 51.2 Å². The van der Waals surface area contributed by atoms with Crippen molar-refractivity contribution < 1.29 is 9.59 Å². The van der Waals surface area contributed by atoms with Crippen LogP contribution in [0.15, 0.2) is 48.2 Å². The zero-order chi connectivity index (χ0) is 22.1. The molecular formula is C22H19Cl4N3O2. The van der Waals surface area contributed by atoms with E-state index in [9.17, 15) is 9.59 Å². The summed E-state index contributed by atoms with van der Waals surface area (Å²) in [5, 5.41) is 4.59. The highest BCUT2D eigenvalue weighted by atomic mass is 35.5. The number of hydrogen-bond donors (Lipinski definition) is 1. The second-order valence-electron chi connectivity index (χ2n) is 7.65. The molecule has 0 spiro atoms. The molecule has 4 rings (SSSR count). The third-order valence-electron chi connectivity index (χ3n) is 5.47. The summed E-state index contributed by atoms with van der Waals surface area (Å²) in [5.74, 6) is -0.187. The monoisotopic (exact) mass is 497 g/mol. The van der Waals surface area contributed by atoms with Crippen LogP contribution in [0.3, 0.4) is 0 Å². The van der Waals surface area contributed by atoms with Crippen LogP contribution in [0.4, 0.5) is 0 Å². The third kappa shape index (κ3) is 5.12. The lowest BCUT2D eigenvalue weighted by Crippen LogP contribution is -2.39. The second kappa shape index (κ2) is 9.29. The van der Waals surface area contributed by atoms with Crippen molar-refractivity contribution >= 4 is 58.2 Å². The molecule has 0 bridgehead atoms. The third-order valence-corrected chi connectivity index (χ3v) is 6.79. The number of carbonyl (C=O) groups is 2. The maximum atomic E-state index is 12.6. The highest BCUT2D eigenvalue weighted by Gasteiger charge is 2.35. The van der Waals surface area contributed by atoms with Crippen molar-refractivity contribution in [2.75, 3.05) is 26.2 Å². The average molecular weight is 499 g/mol. The van der Waals surface area contributed by atoms with Crippen LogP contribution < -0.4 is 5.32 Å². The van der Waals surface area contributed by atoms with Gasteiger partial charge in [-0.25, -0.2) is 0 Å². The highest BCUT2D eigenvalue weighted by Crippen LogP contribution is 2.32. The molecule has 162 valence electrons. The summed E-state index contributed by atoms with van der Waals surface area (Å²) in [4.78, 5) is 28.8. The second-order valence-corrected chi connectivity index (χ2v) is 9.31. The normalized spacial score (nSPS) is 17.5. The summed E-state index contributed by atoms with van der Waals surface area (Å²) in [6, 6.07) is 10.1. The fraction of sp³-hybridized carbons (Fsp3) is 0.273. The molecule has 31 heavy (non-hydrogen) atoms. The van der Waals surface area contributed by atoms with Gasteiger partial charge in [0, 0.05) is 53.9 Å². The molecule has 1 unspecified atom stereocenters. The number of likely N-dealkylation sites (tertiary alicyclic amines) is 1. The summed E-state index contributed by atoms with van der Waals surface area (Å²) in [7, 11) is 0. The lowest BCUT2D eigenvalue weighted by molar-refractivity contribution is -0.129. The van der Waals surface area contributed by atoms with Gasteiger partial charge in [-0.2, -0.15) is 0 Å². The smallest absolute Gasteiger partial charge is 0.251 e. The average Bonchev–Trinajstić information content (AvgIpc) is 3.29. The Balaban J connectivity index is 1.30. The van der Waals surface area contributed by atoms with E-state index in [1.807, 2.05) is 12.1 Å². The van der Waals surface area contributed by atoms with Gasteiger partial charge in [0.1, 0.15) is 0 Å². The summed E-state index contributed by atoms with van der Waals surface area (Å²) in [6.45, 7) is 2.66. The minimum absolute atomic E-state index is 0.0663. The number of halogens is 4. The van der Waals surface area contributed by atoms with E-state index in [1.165, 1.54) is 11.6 Å². The van der Waals surface area contributed by atoms with Crippen molar-refractivity contribution in [1.29, 1.82) is 0 Å². The van der Waals surface area contributed by atoms with E-state index < -0.39 is 0 Å². The van der Waals surface area contributed by atoms with E-state index in [2.05, 4.69) is 16.4 Å². The van der Waals surface area contributed by atoms with Gasteiger partial charge in [-0.1, -0.05) is 52.5 Å². The first-order chi connectivity index (χ1) is 14.8. The quantitative estimate of drug-likeness (QED) is 0.638. The molecule has 0 saturated carbocycles. The molecule has 9 heteroatoms. The van der Waals surface area contributed by atoms with Crippen LogP contribution in [0.1, 0.15) is 15.9 Å². The fourth-order valence-electron chi connectivity index (χ4n) is 3.86. The molecule has 2 aromatic rings. The van der Waals surface area contributed by atoms with Crippen LogP contribution in [-0.2, 0) is 11.3 Å². The minimum Gasteiger partial charge on any atom is -0.372 e. The van der Waals surface area contributed by atoms with Crippen LogP contribution in [0, 0.1) is 5.92 Å². The SMILES string of the molecule is O=C(NCC(=O)N1CC2=CN(Cc3ccc(Cl)cc3Cl)CC2C1)c1ccc(Cl)c(Cl)c1. The number of benzene rings is 2. The Kier molecular flexibility index (Phi) is 6.68. The van der Waals surface area contributed by atoms with Crippen LogP contribution in [0.5, 0.6) is 0 Å². The first-order valence-electron chi connectivity index (χ1n) is 9.70. The molecule has 0 aromatic heterocycles. The summed E-state index contributed by atoms with van der Waals surface area (Å²) in [5.41, 5.74) is 2.59. The Labute approximate surface area is 200 Å². The Morgan fingerprint density at radius 3 is 2.48 bits per heavy atom. The lowest BCUT2D eigenvalue weighted by Gasteiger charge is -2.21. The largest absolute Gasteiger partial charge is 0.372 e. The number of amides is 2. The van der Waals surface area contributed by atoms with Gasteiger partial charge in [-0.05, 0) is 41.5 Å². The van der Waals surface area contributed by atoms with Gasteiger partial charge in [0.05, 0.1) is 16.6 Å². The van der Waals surface area contributed by atoms with Gasteiger partial charge in [0.15, 0.2) is 0 Å². The molecule has 0 aliphatic carbocycles. The molecule has 1 saturated heterocycles.